The lowest BCUT2D eigenvalue weighted by Gasteiger charge is -2.27. The molecule has 0 spiro atoms. The zero-order valence-corrected chi connectivity index (χ0v) is 19.7. The van der Waals surface area contributed by atoms with Crippen LogP contribution in [0.4, 0.5) is 0 Å². The lowest BCUT2D eigenvalue weighted by Crippen LogP contribution is -2.35. The maximum Gasteiger partial charge on any atom is 0.256 e. The van der Waals surface area contributed by atoms with Gasteiger partial charge in [0.25, 0.3) is 5.56 Å². The van der Waals surface area contributed by atoms with Crippen LogP contribution in [0.15, 0.2) is 69.0 Å². The fourth-order valence-electron chi connectivity index (χ4n) is 3.91. The number of aromatic nitrogens is 3. The summed E-state index contributed by atoms with van der Waals surface area (Å²) < 4.78 is 5.84. The minimum atomic E-state index is -0.0647. The summed E-state index contributed by atoms with van der Waals surface area (Å²) in [6.45, 7) is 4.14. The molecule has 2 aromatic carbocycles. The SMILES string of the molecule is Cc1oc(-c2ccccc2)nc1CSc1nc2c(c(=O)[nH]1)CN(Cc1ccc(Cl)cc1)CC2. The number of hydrogen-bond donors (Lipinski definition) is 1. The molecule has 168 valence electrons. The van der Waals surface area contributed by atoms with Crippen molar-refractivity contribution < 1.29 is 4.42 Å². The molecule has 5 rings (SSSR count). The highest BCUT2D eigenvalue weighted by Crippen LogP contribution is 2.27. The predicted molar refractivity (Wildman–Crippen MR) is 130 cm³/mol. The van der Waals surface area contributed by atoms with Gasteiger partial charge in [-0.1, -0.05) is 53.7 Å². The van der Waals surface area contributed by atoms with E-state index in [2.05, 4.69) is 14.9 Å². The first-order chi connectivity index (χ1) is 16.0. The standard InChI is InChI=1S/C25H23ClN4O2S/c1-16-22(27-24(32-16)18-5-3-2-4-6-18)15-33-25-28-21-11-12-30(14-20(21)23(31)29-25)13-17-7-9-19(26)10-8-17/h2-10H,11-15H2,1H3,(H,28,29,31). The molecule has 0 aliphatic carbocycles. The van der Waals surface area contributed by atoms with Crippen molar-refractivity contribution in [2.75, 3.05) is 6.54 Å². The van der Waals surface area contributed by atoms with Gasteiger partial charge in [-0.05, 0) is 36.8 Å². The number of H-pyrrole nitrogens is 1. The summed E-state index contributed by atoms with van der Waals surface area (Å²) >= 11 is 7.45. The second kappa shape index (κ2) is 9.55. The van der Waals surface area contributed by atoms with Crippen molar-refractivity contribution in [2.45, 2.75) is 37.3 Å². The van der Waals surface area contributed by atoms with Crippen LogP contribution in [0, 0.1) is 6.92 Å². The Balaban J connectivity index is 1.26. The quantitative estimate of drug-likeness (QED) is 0.302. The van der Waals surface area contributed by atoms with E-state index in [4.69, 9.17) is 21.0 Å². The lowest BCUT2D eigenvalue weighted by atomic mass is 10.1. The van der Waals surface area contributed by atoms with E-state index >= 15 is 0 Å². The van der Waals surface area contributed by atoms with Gasteiger partial charge in [0.15, 0.2) is 5.16 Å². The Bertz CT molecular complexity index is 1320. The molecule has 8 heteroatoms. The molecule has 33 heavy (non-hydrogen) atoms. The van der Waals surface area contributed by atoms with Crippen molar-refractivity contribution in [2.24, 2.45) is 0 Å². The van der Waals surface area contributed by atoms with Gasteiger partial charge in [-0.2, -0.15) is 0 Å². The first-order valence-electron chi connectivity index (χ1n) is 10.8. The Morgan fingerprint density at radius 1 is 1.12 bits per heavy atom. The Hall–Kier alpha value is -2.87. The fraction of sp³-hybridized carbons (Fsp3) is 0.240. The summed E-state index contributed by atoms with van der Waals surface area (Å²) in [4.78, 5) is 27.4. The maximum absolute atomic E-state index is 12.8. The van der Waals surface area contributed by atoms with E-state index in [1.165, 1.54) is 17.3 Å². The number of aromatic amines is 1. The zero-order valence-electron chi connectivity index (χ0n) is 18.2. The van der Waals surface area contributed by atoms with Crippen molar-refractivity contribution in [3.05, 3.63) is 98.2 Å². The van der Waals surface area contributed by atoms with Gasteiger partial charge in [-0.15, -0.1) is 0 Å². The molecule has 0 fully saturated rings. The number of nitrogens with one attached hydrogen (secondary N) is 1. The molecule has 1 aliphatic rings. The van der Waals surface area contributed by atoms with Crippen LogP contribution in [0.1, 0.15) is 28.3 Å². The van der Waals surface area contributed by atoms with Gasteiger partial charge in [0.1, 0.15) is 5.76 Å². The van der Waals surface area contributed by atoms with Crippen LogP contribution < -0.4 is 5.56 Å². The summed E-state index contributed by atoms with van der Waals surface area (Å²) in [5, 5.41) is 1.35. The number of hydrogen-bond acceptors (Lipinski definition) is 6. The van der Waals surface area contributed by atoms with Gasteiger partial charge in [-0.3, -0.25) is 9.69 Å². The van der Waals surface area contributed by atoms with Gasteiger partial charge in [0.2, 0.25) is 5.89 Å². The third-order valence-corrected chi connectivity index (χ3v) is 6.84. The van der Waals surface area contributed by atoms with Crippen LogP contribution in [0.5, 0.6) is 0 Å². The predicted octanol–water partition coefficient (Wildman–Crippen LogP) is 5.24. The monoisotopic (exact) mass is 478 g/mol. The van der Waals surface area contributed by atoms with Gasteiger partial charge < -0.3 is 9.40 Å². The molecule has 1 N–H and O–H groups in total. The van der Waals surface area contributed by atoms with E-state index in [1.807, 2.05) is 61.5 Å². The van der Waals surface area contributed by atoms with Crippen LogP contribution in [0.3, 0.4) is 0 Å². The highest BCUT2D eigenvalue weighted by atomic mass is 35.5. The molecular weight excluding hydrogens is 456 g/mol. The number of benzene rings is 2. The average Bonchev–Trinajstić information content (AvgIpc) is 3.21. The number of thioether (sulfide) groups is 1. The third kappa shape index (κ3) is 5.05. The highest BCUT2D eigenvalue weighted by molar-refractivity contribution is 7.98. The van der Waals surface area contributed by atoms with Crippen molar-refractivity contribution in [3.63, 3.8) is 0 Å². The Morgan fingerprint density at radius 3 is 2.70 bits per heavy atom. The van der Waals surface area contributed by atoms with E-state index in [-0.39, 0.29) is 5.56 Å². The van der Waals surface area contributed by atoms with Gasteiger partial charge in [0, 0.05) is 42.4 Å². The Kier molecular flexibility index (Phi) is 6.35. The second-order valence-electron chi connectivity index (χ2n) is 8.06. The molecule has 1 aliphatic heterocycles. The first kappa shape index (κ1) is 21.9. The average molecular weight is 479 g/mol. The molecule has 0 radical (unpaired) electrons. The first-order valence-corrected chi connectivity index (χ1v) is 12.1. The molecule has 0 amide bonds. The smallest absolute Gasteiger partial charge is 0.256 e. The van der Waals surface area contributed by atoms with Crippen molar-refractivity contribution in [1.29, 1.82) is 0 Å². The Labute approximate surface area is 201 Å². The minimum absolute atomic E-state index is 0.0647. The van der Waals surface area contributed by atoms with E-state index in [9.17, 15) is 4.79 Å². The number of nitrogens with zero attached hydrogens (tertiary/aromatic N) is 3. The topological polar surface area (TPSA) is 75.0 Å². The molecule has 3 heterocycles. The molecule has 0 unspecified atom stereocenters. The molecular formula is C25H23ClN4O2S. The molecule has 2 aromatic heterocycles. The molecule has 0 saturated heterocycles. The largest absolute Gasteiger partial charge is 0.441 e. The zero-order chi connectivity index (χ0) is 22.8. The number of oxazole rings is 1. The normalized spacial score (nSPS) is 13.8. The van der Waals surface area contributed by atoms with Crippen LogP contribution in [0.25, 0.3) is 11.5 Å². The van der Waals surface area contributed by atoms with Crippen molar-refractivity contribution in [1.82, 2.24) is 19.9 Å². The van der Waals surface area contributed by atoms with Crippen molar-refractivity contribution in [3.8, 4) is 11.5 Å². The molecule has 0 bridgehead atoms. The summed E-state index contributed by atoms with van der Waals surface area (Å²) in [5.41, 5.74) is 4.55. The minimum Gasteiger partial charge on any atom is -0.441 e. The van der Waals surface area contributed by atoms with Crippen molar-refractivity contribution >= 4 is 23.4 Å². The van der Waals surface area contributed by atoms with Crippen LogP contribution >= 0.6 is 23.4 Å². The highest BCUT2D eigenvalue weighted by Gasteiger charge is 2.22. The van der Waals surface area contributed by atoms with Crippen LogP contribution in [0.2, 0.25) is 5.02 Å². The molecule has 4 aromatic rings. The number of rotatable bonds is 6. The molecule has 6 nitrogen and oxygen atoms in total. The maximum atomic E-state index is 12.8. The third-order valence-electron chi connectivity index (χ3n) is 5.70. The summed E-state index contributed by atoms with van der Waals surface area (Å²) in [5.74, 6) is 1.96. The summed E-state index contributed by atoms with van der Waals surface area (Å²) in [6.07, 6.45) is 0.752. The van der Waals surface area contributed by atoms with Gasteiger partial charge in [-0.25, -0.2) is 9.97 Å². The number of fused-ring (bicyclic) bond motifs is 1. The van der Waals surface area contributed by atoms with Crippen LogP contribution in [-0.2, 0) is 25.3 Å². The van der Waals surface area contributed by atoms with Crippen LogP contribution in [-0.4, -0.2) is 26.4 Å². The van der Waals surface area contributed by atoms with E-state index < -0.39 is 0 Å². The Morgan fingerprint density at radius 2 is 1.91 bits per heavy atom. The molecule has 0 atom stereocenters. The van der Waals surface area contributed by atoms with Gasteiger partial charge in [0.05, 0.1) is 17.0 Å². The number of halogens is 1. The van der Waals surface area contributed by atoms with E-state index in [1.54, 1.807) is 0 Å². The second-order valence-corrected chi connectivity index (χ2v) is 9.46. The number of aryl methyl sites for hydroxylation is 1. The fourth-order valence-corrected chi connectivity index (χ4v) is 4.92. The molecule has 0 saturated carbocycles. The van der Waals surface area contributed by atoms with E-state index in [0.29, 0.717) is 23.3 Å². The lowest BCUT2D eigenvalue weighted by molar-refractivity contribution is 0.241. The summed E-state index contributed by atoms with van der Waals surface area (Å²) in [6, 6.07) is 17.7. The van der Waals surface area contributed by atoms with E-state index in [0.717, 1.165) is 52.8 Å². The van der Waals surface area contributed by atoms with Gasteiger partial charge >= 0.3 is 0 Å². The summed E-state index contributed by atoms with van der Waals surface area (Å²) in [7, 11) is 0.